The van der Waals surface area contributed by atoms with Crippen LogP contribution in [0, 0.1) is 0 Å². The molecule has 4 heterocycles. The number of nitrogens with zero attached hydrogens (tertiary/aromatic N) is 4. The monoisotopic (exact) mass is 834 g/mol. The normalized spacial score (nSPS) is 19.4. The van der Waals surface area contributed by atoms with Gasteiger partial charge in [0.15, 0.2) is 0 Å². The molecule has 8 rings (SSSR count). The number of carbonyl (C=O) groups excluding carboxylic acids is 4. The van der Waals surface area contributed by atoms with E-state index in [-0.39, 0.29) is 23.9 Å². The third kappa shape index (κ3) is 7.89. The van der Waals surface area contributed by atoms with Crippen LogP contribution in [0.5, 0.6) is 0 Å². The molecular weight excluding hydrogens is 781 g/mol. The zero-order valence-corrected chi connectivity index (χ0v) is 35.5. The molecule has 0 spiro atoms. The largest absolute Gasteiger partial charge is 0.453 e. The Morgan fingerprint density at radius 2 is 1.31 bits per heavy atom. The highest BCUT2D eigenvalue weighted by Crippen LogP contribution is 2.41. The van der Waals surface area contributed by atoms with Gasteiger partial charge in [-0.3, -0.25) is 9.59 Å². The van der Waals surface area contributed by atoms with E-state index in [1.54, 1.807) is 23.6 Å². The van der Waals surface area contributed by atoms with E-state index in [9.17, 15) is 19.2 Å². The Labute approximate surface area is 354 Å². The van der Waals surface area contributed by atoms with Gasteiger partial charge in [0, 0.05) is 38.3 Å². The highest BCUT2D eigenvalue weighted by molar-refractivity contribution is 6.05. The molecule has 4 N–H and O–H groups in total. The molecule has 6 atom stereocenters. The van der Waals surface area contributed by atoms with Gasteiger partial charge >= 0.3 is 12.2 Å². The van der Waals surface area contributed by atoms with Crippen LogP contribution < -0.4 is 10.6 Å². The van der Waals surface area contributed by atoms with E-state index in [1.165, 1.54) is 45.1 Å². The molecule has 16 nitrogen and oxygen atoms in total. The molecule has 0 saturated carbocycles. The zero-order chi connectivity index (χ0) is 42.9. The van der Waals surface area contributed by atoms with Crippen molar-refractivity contribution < 1.29 is 38.1 Å². The molecular formula is C45H54N8O8. The number of fused-ring (bicyclic) bond motifs is 4. The number of imidazole rings is 2. The Bertz CT molecular complexity index is 2460. The van der Waals surface area contributed by atoms with Crippen LogP contribution >= 0.6 is 0 Å². The average Bonchev–Trinajstić information content (AvgIpc) is 4.14. The summed E-state index contributed by atoms with van der Waals surface area (Å²) in [6, 6.07) is 12.7. The van der Waals surface area contributed by atoms with Gasteiger partial charge in [-0.1, -0.05) is 30.3 Å². The lowest BCUT2D eigenvalue weighted by molar-refractivity contribution is -0.138. The van der Waals surface area contributed by atoms with Gasteiger partial charge in [0.25, 0.3) is 0 Å². The van der Waals surface area contributed by atoms with E-state index in [1.807, 2.05) is 12.3 Å². The highest BCUT2D eigenvalue weighted by Gasteiger charge is 2.40. The Balaban J connectivity index is 1.04. The topological polar surface area (TPSA) is 193 Å². The van der Waals surface area contributed by atoms with Crippen molar-refractivity contribution in [3.63, 3.8) is 0 Å². The maximum absolute atomic E-state index is 13.8. The van der Waals surface area contributed by atoms with Gasteiger partial charge in [-0.2, -0.15) is 0 Å². The molecule has 322 valence electrons. The summed E-state index contributed by atoms with van der Waals surface area (Å²) in [5.41, 5.74) is 8.71. The number of aromatic nitrogens is 4. The molecule has 61 heavy (non-hydrogen) atoms. The van der Waals surface area contributed by atoms with Gasteiger partial charge in [-0.25, -0.2) is 19.6 Å². The minimum atomic E-state index is -0.905. The van der Waals surface area contributed by atoms with E-state index >= 15 is 0 Å². The van der Waals surface area contributed by atoms with Crippen LogP contribution in [-0.2, 0) is 41.4 Å². The van der Waals surface area contributed by atoms with Crippen molar-refractivity contribution in [2.75, 3.05) is 41.5 Å². The van der Waals surface area contributed by atoms with Crippen LogP contribution in [0.15, 0.2) is 48.7 Å². The summed E-state index contributed by atoms with van der Waals surface area (Å²) < 4.78 is 20.5. The summed E-state index contributed by atoms with van der Waals surface area (Å²) in [4.78, 5) is 72.4. The van der Waals surface area contributed by atoms with Gasteiger partial charge in [0.05, 0.1) is 61.4 Å². The molecule has 2 fully saturated rings. The minimum absolute atomic E-state index is 0.237. The lowest BCUT2D eigenvalue weighted by atomic mass is 9.91. The molecule has 0 radical (unpaired) electrons. The summed E-state index contributed by atoms with van der Waals surface area (Å²) >= 11 is 0. The Morgan fingerprint density at radius 1 is 0.721 bits per heavy atom. The van der Waals surface area contributed by atoms with Crippen LogP contribution in [0.1, 0.15) is 80.8 Å². The van der Waals surface area contributed by atoms with E-state index in [0.717, 1.165) is 83.6 Å². The fraction of sp³-hybridized carbons (Fsp3) is 0.467. The van der Waals surface area contributed by atoms with Crippen molar-refractivity contribution in [3.8, 4) is 22.4 Å². The van der Waals surface area contributed by atoms with Crippen molar-refractivity contribution in [2.24, 2.45) is 0 Å². The Hall–Kier alpha value is -6.00. The zero-order valence-electron chi connectivity index (χ0n) is 35.5. The number of benzene rings is 3. The number of hydrogen-bond acceptors (Lipinski definition) is 10. The molecule has 2 saturated heterocycles. The Morgan fingerprint density at radius 3 is 1.92 bits per heavy atom. The first-order valence-corrected chi connectivity index (χ1v) is 21.0. The number of methoxy groups -OCH3 is 4. The van der Waals surface area contributed by atoms with E-state index in [2.05, 4.69) is 57.0 Å². The average molecular weight is 835 g/mol. The van der Waals surface area contributed by atoms with Crippen LogP contribution in [0.4, 0.5) is 9.59 Å². The molecule has 2 aromatic heterocycles. The maximum Gasteiger partial charge on any atom is 0.407 e. The van der Waals surface area contributed by atoms with Gasteiger partial charge < -0.3 is 49.3 Å². The first kappa shape index (κ1) is 41.7. The number of carbonyl (C=O) groups is 4. The van der Waals surface area contributed by atoms with Crippen LogP contribution in [0.2, 0.25) is 0 Å². The number of aromatic amines is 2. The lowest BCUT2D eigenvalue weighted by Crippen LogP contribution is -2.54. The number of amides is 4. The third-order valence-electron chi connectivity index (χ3n) is 12.8. The smallest absolute Gasteiger partial charge is 0.407 e. The second-order valence-electron chi connectivity index (χ2n) is 16.2. The molecule has 16 heteroatoms. The van der Waals surface area contributed by atoms with Crippen molar-refractivity contribution >= 4 is 45.8 Å². The summed E-state index contributed by atoms with van der Waals surface area (Å²) in [6.45, 7) is 4.58. The SMILES string of the molecule is COC(=O)N[C@H](C(=O)N1CCC[C@H]1c1ncc(-c2ccc(-c3ccc4c(ccc5[nH]c([C@@H]6CCCN6C(=O)[C@@H](NC(=O)OC)[C@@H](C)OC)nc54)c3)c3c2CCC3)[nH]1)[C@@H](C)OC. The molecule has 2 aliphatic heterocycles. The number of nitrogens with one attached hydrogen (secondary N) is 4. The molecule has 0 bridgehead atoms. The molecule has 1 aliphatic carbocycles. The van der Waals surface area contributed by atoms with Gasteiger partial charge in [0.2, 0.25) is 11.8 Å². The molecule has 3 aromatic carbocycles. The molecule has 4 amide bonds. The van der Waals surface area contributed by atoms with Crippen LogP contribution in [-0.4, -0.2) is 120 Å². The van der Waals surface area contributed by atoms with Crippen LogP contribution in [0.3, 0.4) is 0 Å². The van der Waals surface area contributed by atoms with Crippen molar-refractivity contribution in [3.05, 3.63) is 71.4 Å². The first-order chi connectivity index (χ1) is 29.5. The summed E-state index contributed by atoms with van der Waals surface area (Å²) in [5.74, 6) is 0.948. The maximum atomic E-state index is 13.8. The number of H-pyrrole nitrogens is 2. The van der Waals surface area contributed by atoms with Gasteiger partial charge in [-0.05, 0) is 98.6 Å². The number of ether oxygens (including phenoxy) is 4. The number of hydrogen-bond donors (Lipinski definition) is 4. The minimum Gasteiger partial charge on any atom is -0.453 e. The first-order valence-electron chi connectivity index (χ1n) is 21.0. The second-order valence-corrected chi connectivity index (χ2v) is 16.2. The standard InChI is InChI=1S/C45H54N8O8/c1-24(58-3)37(50-44(56)60-5)42(54)52-20-8-12-35(52)40-46-23-34(48-40)32-18-17-28(30-10-7-11-31(30)32)26-14-16-29-27(22-26)15-19-33-39(29)49-41(47-33)36-13-9-21-53(36)43(55)38(25(2)59-4)51-45(57)61-6/h14-19,22-25,35-38H,7-13,20-21H2,1-6H3,(H,46,48)(H,47,49)(H,50,56)(H,51,57)/t24-,25-,35+,36+,37+,38+/m1/s1. The summed E-state index contributed by atoms with van der Waals surface area (Å²) in [7, 11) is 5.55. The van der Waals surface area contributed by atoms with E-state index < -0.39 is 36.5 Å². The fourth-order valence-electron chi connectivity index (χ4n) is 9.41. The number of rotatable bonds is 12. The lowest BCUT2D eigenvalue weighted by Gasteiger charge is -2.30. The van der Waals surface area contributed by atoms with Gasteiger partial charge in [-0.15, -0.1) is 0 Å². The second kappa shape index (κ2) is 17.5. The summed E-state index contributed by atoms with van der Waals surface area (Å²) in [5, 5.41) is 7.38. The van der Waals surface area contributed by atoms with E-state index in [4.69, 9.17) is 28.9 Å². The summed E-state index contributed by atoms with van der Waals surface area (Å²) in [6.07, 6.45) is 5.44. The van der Waals surface area contributed by atoms with Gasteiger partial charge in [0.1, 0.15) is 23.7 Å². The quantitative estimate of drug-likeness (QED) is 0.114. The highest BCUT2D eigenvalue weighted by atomic mass is 16.5. The molecule has 3 aliphatic rings. The molecule has 0 unspecified atom stereocenters. The van der Waals surface area contributed by atoms with Crippen molar-refractivity contribution in [1.29, 1.82) is 0 Å². The van der Waals surface area contributed by atoms with Crippen LogP contribution in [0.25, 0.3) is 44.2 Å². The number of likely N-dealkylation sites (tertiary alicyclic amines) is 2. The number of alkyl carbamates (subject to hydrolysis) is 2. The fourth-order valence-corrected chi connectivity index (χ4v) is 9.41. The predicted octanol–water partition coefficient (Wildman–Crippen LogP) is 6.11. The third-order valence-corrected chi connectivity index (χ3v) is 12.8. The van der Waals surface area contributed by atoms with E-state index in [0.29, 0.717) is 24.7 Å². The molecule has 5 aromatic rings. The van der Waals surface area contributed by atoms with Crippen molar-refractivity contribution in [2.45, 2.75) is 95.2 Å². The van der Waals surface area contributed by atoms with Crippen molar-refractivity contribution in [1.82, 2.24) is 40.4 Å². The predicted molar refractivity (Wildman–Crippen MR) is 228 cm³/mol. The Kier molecular flexibility index (Phi) is 12.0.